The summed E-state index contributed by atoms with van der Waals surface area (Å²) in [4.78, 5) is 15.7. The molecule has 5 rings (SSSR count). The Morgan fingerprint density at radius 2 is 1.88 bits per heavy atom. The van der Waals surface area contributed by atoms with Gasteiger partial charge in [-0.15, -0.1) is 0 Å². The smallest absolute Gasteiger partial charge is 0.236 e. The zero-order valence-corrected chi connectivity index (χ0v) is 20.5. The molecule has 0 unspecified atom stereocenters. The predicted octanol–water partition coefficient (Wildman–Crippen LogP) is 5.46. The Morgan fingerprint density at radius 1 is 1.15 bits per heavy atom. The molecule has 0 saturated carbocycles. The van der Waals surface area contributed by atoms with E-state index in [-0.39, 0.29) is 5.91 Å². The topological polar surface area (TPSA) is 62.8 Å². The van der Waals surface area contributed by atoms with E-state index in [1.165, 1.54) is 0 Å². The second kappa shape index (κ2) is 8.49. The average molecular weight is 494 g/mol. The van der Waals surface area contributed by atoms with Crippen molar-refractivity contribution in [3.8, 4) is 11.5 Å². The third kappa shape index (κ3) is 3.56. The number of carbonyl (C=O) groups is 1. The molecule has 34 heavy (non-hydrogen) atoms. The summed E-state index contributed by atoms with van der Waals surface area (Å²) in [7, 11) is 1.60. The van der Waals surface area contributed by atoms with Crippen molar-refractivity contribution >= 4 is 46.2 Å². The number of halogens is 1. The second-order valence-corrected chi connectivity index (χ2v) is 9.38. The number of thiocarbonyl (C=S) groups is 1. The van der Waals surface area contributed by atoms with Gasteiger partial charge in [0.15, 0.2) is 22.3 Å². The number of anilines is 2. The molecule has 174 valence electrons. The van der Waals surface area contributed by atoms with Crippen molar-refractivity contribution in [1.82, 2.24) is 5.32 Å². The Morgan fingerprint density at radius 3 is 2.59 bits per heavy atom. The molecule has 2 aliphatic heterocycles. The van der Waals surface area contributed by atoms with Gasteiger partial charge in [-0.3, -0.25) is 9.69 Å². The maximum atomic E-state index is 13.8. The molecule has 0 aliphatic carbocycles. The third-order valence-corrected chi connectivity index (χ3v) is 7.01. The number of fused-ring (bicyclic) bond motifs is 4. The second-order valence-electron chi connectivity index (χ2n) is 8.56. The minimum absolute atomic E-state index is 0.197. The number of para-hydroxylation sites is 2. The molecule has 1 saturated heterocycles. The predicted molar refractivity (Wildman–Crippen MR) is 138 cm³/mol. The molecule has 2 bridgehead atoms. The standard InChI is InChI=1S/C26H24ClN3O3S/c1-15-7-4-5-9-19(15)30-25(34)29-22-18-8-6-10-20(32-3)23(18)33-26(30,2)21(22)24(31)28-17-13-11-16(27)12-14-17/h4-14,21-22H,1-3H3,(H,28,31)(H,29,34)/t21-,22-,26-/m0/s1. The minimum atomic E-state index is -1.13. The van der Waals surface area contributed by atoms with Gasteiger partial charge in [-0.1, -0.05) is 41.9 Å². The normalized spacial score (nSPS) is 22.8. The number of benzene rings is 3. The summed E-state index contributed by atoms with van der Waals surface area (Å²) in [6.07, 6.45) is 0. The molecular weight excluding hydrogens is 470 g/mol. The number of methoxy groups -OCH3 is 1. The molecule has 2 heterocycles. The first-order chi connectivity index (χ1) is 16.3. The summed E-state index contributed by atoms with van der Waals surface area (Å²) in [5.74, 6) is 0.359. The van der Waals surface area contributed by atoms with Crippen LogP contribution in [0.3, 0.4) is 0 Å². The Balaban J connectivity index is 1.66. The summed E-state index contributed by atoms with van der Waals surface area (Å²) in [5.41, 5.74) is 2.22. The van der Waals surface area contributed by atoms with Gasteiger partial charge in [0, 0.05) is 22.0 Å². The largest absolute Gasteiger partial charge is 0.493 e. The fourth-order valence-corrected chi connectivity index (χ4v) is 5.39. The van der Waals surface area contributed by atoms with Crippen LogP contribution in [0.5, 0.6) is 11.5 Å². The summed E-state index contributed by atoms with van der Waals surface area (Å²) >= 11 is 11.8. The van der Waals surface area contributed by atoms with Gasteiger partial charge < -0.3 is 20.1 Å². The van der Waals surface area contributed by atoms with Gasteiger partial charge in [-0.2, -0.15) is 0 Å². The van der Waals surface area contributed by atoms with Crippen molar-refractivity contribution in [3.05, 3.63) is 82.9 Å². The Bertz CT molecular complexity index is 1280. The number of hydrogen-bond acceptors (Lipinski definition) is 4. The number of rotatable bonds is 4. The van der Waals surface area contributed by atoms with E-state index in [9.17, 15) is 4.79 Å². The fourth-order valence-electron chi connectivity index (χ4n) is 4.86. The number of ether oxygens (including phenoxy) is 2. The number of nitrogens with one attached hydrogen (secondary N) is 2. The quantitative estimate of drug-likeness (QED) is 0.471. The Kier molecular flexibility index (Phi) is 5.62. The molecular formula is C26H24ClN3O3S. The van der Waals surface area contributed by atoms with Crippen molar-refractivity contribution in [1.29, 1.82) is 0 Å². The SMILES string of the molecule is COc1cccc2c1O[C@@]1(C)[C@H](C(=O)Nc3ccc(Cl)cc3)[C@H]2NC(=S)N1c1ccccc1C. The lowest BCUT2D eigenvalue weighted by molar-refractivity contribution is -0.130. The van der Waals surface area contributed by atoms with Gasteiger partial charge >= 0.3 is 0 Å². The van der Waals surface area contributed by atoms with E-state index >= 15 is 0 Å². The van der Waals surface area contributed by atoms with Gasteiger partial charge in [-0.25, -0.2) is 0 Å². The van der Waals surface area contributed by atoms with Gasteiger partial charge in [0.05, 0.1) is 13.2 Å². The number of hydrogen-bond donors (Lipinski definition) is 2. The lowest BCUT2D eigenvalue weighted by atomic mass is 9.78. The van der Waals surface area contributed by atoms with E-state index in [2.05, 4.69) is 10.6 Å². The highest BCUT2D eigenvalue weighted by Crippen LogP contribution is 2.52. The van der Waals surface area contributed by atoms with Crippen molar-refractivity contribution in [2.24, 2.45) is 5.92 Å². The number of aryl methyl sites for hydroxylation is 1. The van der Waals surface area contributed by atoms with Crippen LogP contribution in [0.1, 0.15) is 24.1 Å². The first kappa shape index (κ1) is 22.5. The molecule has 8 heteroatoms. The van der Waals surface area contributed by atoms with E-state index in [1.54, 1.807) is 31.4 Å². The van der Waals surface area contributed by atoms with Gasteiger partial charge in [0.25, 0.3) is 0 Å². The van der Waals surface area contributed by atoms with Crippen molar-refractivity contribution in [2.45, 2.75) is 25.6 Å². The molecule has 0 aromatic heterocycles. The highest BCUT2D eigenvalue weighted by atomic mass is 35.5. The first-order valence-electron chi connectivity index (χ1n) is 10.9. The van der Waals surface area contributed by atoms with E-state index in [0.29, 0.717) is 27.3 Å². The minimum Gasteiger partial charge on any atom is -0.493 e. The Labute approximate surface area is 208 Å². The maximum Gasteiger partial charge on any atom is 0.236 e. The van der Waals surface area contributed by atoms with Crippen molar-refractivity contribution in [3.63, 3.8) is 0 Å². The van der Waals surface area contributed by atoms with E-state index < -0.39 is 17.7 Å². The number of nitrogens with zero attached hydrogens (tertiary/aromatic N) is 1. The van der Waals surface area contributed by atoms with Gasteiger partial charge in [0.2, 0.25) is 5.91 Å². The molecule has 2 aliphatic rings. The fraction of sp³-hybridized carbons (Fsp3) is 0.231. The molecule has 3 atom stereocenters. The van der Waals surface area contributed by atoms with Crippen LogP contribution in [0.15, 0.2) is 66.7 Å². The summed E-state index contributed by atoms with van der Waals surface area (Å²) in [6, 6.07) is 20.2. The maximum absolute atomic E-state index is 13.8. The number of amides is 1. The highest BCUT2D eigenvalue weighted by molar-refractivity contribution is 7.80. The van der Waals surface area contributed by atoms with Crippen LogP contribution in [0.2, 0.25) is 5.02 Å². The van der Waals surface area contributed by atoms with Crippen LogP contribution in [-0.2, 0) is 4.79 Å². The van der Waals surface area contributed by atoms with E-state index in [0.717, 1.165) is 16.8 Å². The van der Waals surface area contributed by atoms with Crippen LogP contribution in [-0.4, -0.2) is 23.9 Å². The van der Waals surface area contributed by atoms with Crippen LogP contribution in [0.25, 0.3) is 0 Å². The van der Waals surface area contributed by atoms with Crippen LogP contribution in [0.4, 0.5) is 11.4 Å². The van der Waals surface area contributed by atoms with Gasteiger partial charge in [0.1, 0.15) is 5.92 Å². The molecule has 3 aromatic rings. The lowest BCUT2D eigenvalue weighted by Gasteiger charge is -2.56. The van der Waals surface area contributed by atoms with Crippen LogP contribution in [0, 0.1) is 12.8 Å². The molecule has 0 radical (unpaired) electrons. The first-order valence-corrected chi connectivity index (χ1v) is 11.7. The summed E-state index contributed by atoms with van der Waals surface area (Å²) < 4.78 is 12.3. The summed E-state index contributed by atoms with van der Waals surface area (Å²) in [6.45, 7) is 3.91. The average Bonchev–Trinajstić information content (AvgIpc) is 2.81. The highest BCUT2D eigenvalue weighted by Gasteiger charge is 2.59. The molecule has 2 N–H and O–H groups in total. The van der Waals surface area contributed by atoms with Crippen LogP contribution < -0.4 is 25.0 Å². The van der Waals surface area contributed by atoms with Crippen molar-refractivity contribution in [2.75, 3.05) is 17.3 Å². The lowest BCUT2D eigenvalue weighted by Crippen LogP contribution is -2.72. The molecule has 1 fully saturated rings. The zero-order valence-electron chi connectivity index (χ0n) is 19.0. The molecule has 0 spiro atoms. The van der Waals surface area contributed by atoms with Crippen molar-refractivity contribution < 1.29 is 14.3 Å². The summed E-state index contributed by atoms with van der Waals surface area (Å²) in [5, 5.41) is 7.55. The number of carbonyl (C=O) groups excluding carboxylic acids is 1. The molecule has 6 nitrogen and oxygen atoms in total. The third-order valence-electron chi connectivity index (χ3n) is 6.46. The Hall–Kier alpha value is -3.29. The van der Waals surface area contributed by atoms with E-state index in [1.807, 2.05) is 61.2 Å². The zero-order chi connectivity index (χ0) is 24.0. The van der Waals surface area contributed by atoms with Gasteiger partial charge in [-0.05, 0) is 68.0 Å². The van der Waals surface area contributed by atoms with Crippen LogP contribution >= 0.6 is 23.8 Å². The molecule has 1 amide bonds. The monoisotopic (exact) mass is 493 g/mol. The van der Waals surface area contributed by atoms with E-state index in [4.69, 9.17) is 33.3 Å². The molecule has 3 aromatic carbocycles.